The molecule has 2 heterocycles. The minimum absolute atomic E-state index is 0.0183. The standard InChI is InChI=1S/C21H33N7O6/c1-11(2)6-15(20(32)28-5-3-4-16(28)21(33)34)27-19(31)14(7-12-9-24-10-25-12)26-18(30)13(22)8-17(23)29/h9-11,13-16H,3-8,22H2,1-2H3,(H2,23,29)(H,24,25)(H,26,30)(H,27,31)(H,33,34). The molecule has 1 saturated heterocycles. The van der Waals surface area contributed by atoms with Crippen LogP contribution in [0.1, 0.15) is 45.2 Å². The lowest BCUT2D eigenvalue weighted by molar-refractivity contribution is -0.149. The molecule has 0 aliphatic carbocycles. The van der Waals surface area contributed by atoms with Gasteiger partial charge in [0.1, 0.15) is 18.1 Å². The number of aliphatic carboxylic acids is 1. The van der Waals surface area contributed by atoms with Gasteiger partial charge in [-0.2, -0.15) is 0 Å². The molecule has 0 radical (unpaired) electrons. The first-order valence-corrected chi connectivity index (χ1v) is 11.1. The predicted octanol–water partition coefficient (Wildman–Crippen LogP) is -1.75. The summed E-state index contributed by atoms with van der Waals surface area (Å²) >= 11 is 0. The number of nitrogens with one attached hydrogen (secondary N) is 3. The third kappa shape index (κ3) is 7.54. The minimum atomic E-state index is -1.25. The monoisotopic (exact) mass is 479 g/mol. The molecule has 4 amide bonds. The third-order valence-electron chi connectivity index (χ3n) is 5.51. The summed E-state index contributed by atoms with van der Waals surface area (Å²) in [5, 5.41) is 14.6. The molecule has 0 saturated carbocycles. The predicted molar refractivity (Wildman–Crippen MR) is 120 cm³/mol. The molecule has 0 bridgehead atoms. The highest BCUT2D eigenvalue weighted by Gasteiger charge is 2.38. The lowest BCUT2D eigenvalue weighted by Crippen LogP contribution is -2.58. The Balaban J connectivity index is 2.20. The highest BCUT2D eigenvalue weighted by molar-refractivity contribution is 5.95. The van der Waals surface area contributed by atoms with Crippen molar-refractivity contribution in [3.8, 4) is 0 Å². The van der Waals surface area contributed by atoms with E-state index in [2.05, 4.69) is 20.6 Å². The van der Waals surface area contributed by atoms with Gasteiger partial charge in [-0.3, -0.25) is 19.2 Å². The van der Waals surface area contributed by atoms with Gasteiger partial charge in [0.25, 0.3) is 0 Å². The van der Waals surface area contributed by atoms with Gasteiger partial charge in [-0.1, -0.05) is 13.8 Å². The fraction of sp³-hybridized carbons (Fsp3) is 0.619. The van der Waals surface area contributed by atoms with E-state index >= 15 is 0 Å². The Labute approximate surface area is 197 Å². The van der Waals surface area contributed by atoms with Crippen LogP contribution in [-0.2, 0) is 30.4 Å². The average molecular weight is 480 g/mol. The van der Waals surface area contributed by atoms with Gasteiger partial charge in [0.05, 0.1) is 18.8 Å². The molecule has 1 aromatic heterocycles. The largest absolute Gasteiger partial charge is 0.480 e. The summed E-state index contributed by atoms with van der Waals surface area (Å²) in [7, 11) is 0. The second-order valence-corrected chi connectivity index (χ2v) is 8.84. The summed E-state index contributed by atoms with van der Waals surface area (Å²) in [5.41, 5.74) is 11.3. The van der Waals surface area contributed by atoms with Crippen LogP contribution in [0.5, 0.6) is 0 Å². The van der Waals surface area contributed by atoms with Crippen LogP contribution in [0.15, 0.2) is 12.5 Å². The summed E-state index contributed by atoms with van der Waals surface area (Å²) in [6.07, 6.45) is 3.69. The topological polar surface area (TPSA) is 214 Å². The maximum Gasteiger partial charge on any atom is 0.326 e. The Kier molecular flexibility index (Phi) is 9.54. The van der Waals surface area contributed by atoms with E-state index in [1.165, 1.54) is 17.4 Å². The lowest BCUT2D eigenvalue weighted by Gasteiger charge is -2.29. The van der Waals surface area contributed by atoms with Crippen molar-refractivity contribution in [2.24, 2.45) is 17.4 Å². The van der Waals surface area contributed by atoms with Crippen LogP contribution in [0.3, 0.4) is 0 Å². The maximum atomic E-state index is 13.2. The molecular weight excluding hydrogens is 446 g/mol. The maximum absolute atomic E-state index is 13.2. The Morgan fingerprint density at radius 2 is 1.88 bits per heavy atom. The molecule has 4 unspecified atom stereocenters. The average Bonchev–Trinajstić information content (AvgIpc) is 3.43. The number of likely N-dealkylation sites (tertiary alicyclic amines) is 1. The van der Waals surface area contributed by atoms with E-state index < -0.39 is 60.2 Å². The fourth-order valence-electron chi connectivity index (χ4n) is 3.87. The van der Waals surface area contributed by atoms with Crippen molar-refractivity contribution in [2.45, 2.75) is 70.1 Å². The van der Waals surface area contributed by atoms with E-state index in [-0.39, 0.29) is 25.3 Å². The number of aromatic amines is 1. The van der Waals surface area contributed by atoms with Crippen molar-refractivity contribution >= 4 is 29.6 Å². The molecule has 0 aromatic carbocycles. The van der Waals surface area contributed by atoms with Crippen molar-refractivity contribution in [1.29, 1.82) is 0 Å². The highest BCUT2D eigenvalue weighted by Crippen LogP contribution is 2.20. The van der Waals surface area contributed by atoms with E-state index in [1.807, 2.05) is 13.8 Å². The van der Waals surface area contributed by atoms with Crippen LogP contribution in [0.25, 0.3) is 0 Å². The zero-order valence-corrected chi connectivity index (χ0v) is 19.3. The number of amides is 4. The molecule has 1 fully saturated rings. The Morgan fingerprint density at radius 1 is 1.21 bits per heavy atom. The minimum Gasteiger partial charge on any atom is -0.480 e. The van der Waals surface area contributed by atoms with Crippen LogP contribution in [0.4, 0.5) is 0 Å². The first-order valence-electron chi connectivity index (χ1n) is 11.1. The summed E-state index contributed by atoms with van der Waals surface area (Å²) < 4.78 is 0. The van der Waals surface area contributed by atoms with Crippen LogP contribution >= 0.6 is 0 Å². The molecule has 1 aliphatic heterocycles. The number of rotatable bonds is 12. The van der Waals surface area contributed by atoms with Crippen molar-refractivity contribution < 1.29 is 29.1 Å². The van der Waals surface area contributed by atoms with Gasteiger partial charge < -0.3 is 37.1 Å². The Hall–Kier alpha value is -3.48. The molecule has 8 N–H and O–H groups in total. The number of nitrogens with zero attached hydrogens (tertiary/aromatic N) is 2. The first-order chi connectivity index (χ1) is 16.0. The van der Waals surface area contributed by atoms with Crippen molar-refractivity contribution in [3.63, 3.8) is 0 Å². The summed E-state index contributed by atoms with van der Waals surface area (Å²) in [6, 6.07) is -4.30. The number of imidazole rings is 1. The number of primary amides is 1. The van der Waals surface area contributed by atoms with E-state index in [0.717, 1.165) is 0 Å². The van der Waals surface area contributed by atoms with E-state index in [1.54, 1.807) is 0 Å². The molecule has 188 valence electrons. The molecule has 34 heavy (non-hydrogen) atoms. The third-order valence-corrected chi connectivity index (χ3v) is 5.51. The number of hydrogen-bond acceptors (Lipinski definition) is 7. The Morgan fingerprint density at radius 3 is 2.44 bits per heavy atom. The molecular formula is C21H33N7O6. The van der Waals surface area contributed by atoms with Crippen LogP contribution in [-0.4, -0.2) is 80.3 Å². The zero-order valence-electron chi connectivity index (χ0n) is 19.3. The number of nitrogens with two attached hydrogens (primary N) is 2. The van der Waals surface area contributed by atoms with Crippen molar-refractivity contribution in [2.75, 3.05) is 6.54 Å². The molecule has 13 heteroatoms. The number of aromatic nitrogens is 2. The SMILES string of the molecule is CC(C)CC(NC(=O)C(Cc1cnc[nH]1)NC(=O)C(N)CC(N)=O)C(=O)N1CCCC1C(=O)O. The van der Waals surface area contributed by atoms with Crippen LogP contribution in [0, 0.1) is 5.92 Å². The van der Waals surface area contributed by atoms with Crippen LogP contribution in [0.2, 0.25) is 0 Å². The van der Waals surface area contributed by atoms with Gasteiger partial charge >= 0.3 is 5.97 Å². The molecule has 2 rings (SSSR count). The second-order valence-electron chi connectivity index (χ2n) is 8.84. The number of H-pyrrole nitrogens is 1. The number of carboxylic acids is 1. The second kappa shape index (κ2) is 12.1. The molecule has 1 aromatic rings. The molecule has 0 spiro atoms. The van der Waals surface area contributed by atoms with Crippen molar-refractivity contribution in [3.05, 3.63) is 18.2 Å². The smallest absolute Gasteiger partial charge is 0.326 e. The molecule has 13 nitrogen and oxygen atoms in total. The molecule has 1 aliphatic rings. The lowest BCUT2D eigenvalue weighted by atomic mass is 10.0. The number of hydrogen-bond donors (Lipinski definition) is 6. The van der Waals surface area contributed by atoms with Gasteiger partial charge in [-0.05, 0) is 25.2 Å². The van der Waals surface area contributed by atoms with E-state index in [0.29, 0.717) is 18.5 Å². The van der Waals surface area contributed by atoms with Gasteiger partial charge in [-0.25, -0.2) is 9.78 Å². The molecule has 4 atom stereocenters. The van der Waals surface area contributed by atoms with E-state index in [4.69, 9.17) is 11.5 Å². The summed E-state index contributed by atoms with van der Waals surface area (Å²) in [6.45, 7) is 4.03. The van der Waals surface area contributed by atoms with E-state index in [9.17, 15) is 29.1 Å². The quantitative estimate of drug-likeness (QED) is 0.202. The number of carboxylic acid groups (broad SMARTS) is 1. The van der Waals surface area contributed by atoms with Gasteiger partial charge in [0.15, 0.2) is 0 Å². The summed E-state index contributed by atoms with van der Waals surface area (Å²) in [5.74, 6) is -3.73. The Bertz CT molecular complexity index is 888. The van der Waals surface area contributed by atoms with Crippen LogP contribution < -0.4 is 22.1 Å². The van der Waals surface area contributed by atoms with Gasteiger partial charge in [0, 0.05) is 24.9 Å². The number of carbonyl (C=O) groups is 5. The van der Waals surface area contributed by atoms with Gasteiger partial charge in [0.2, 0.25) is 23.6 Å². The fourth-order valence-corrected chi connectivity index (χ4v) is 3.87. The highest BCUT2D eigenvalue weighted by atomic mass is 16.4. The zero-order chi connectivity index (χ0) is 25.4. The van der Waals surface area contributed by atoms with Gasteiger partial charge in [-0.15, -0.1) is 0 Å². The summed E-state index contributed by atoms with van der Waals surface area (Å²) in [4.78, 5) is 69.5. The number of carbonyl (C=O) groups excluding carboxylic acids is 4. The first kappa shape index (κ1) is 26.8. The van der Waals surface area contributed by atoms with Crippen molar-refractivity contribution in [1.82, 2.24) is 25.5 Å². The normalized spacial score (nSPS) is 18.2.